The summed E-state index contributed by atoms with van der Waals surface area (Å²) in [6, 6.07) is 22.1. The van der Waals surface area contributed by atoms with Crippen LogP contribution in [-0.4, -0.2) is 28.2 Å². The van der Waals surface area contributed by atoms with Crippen LogP contribution >= 0.6 is 0 Å². The SMILES string of the molecule is CCN(c1ccccc1-c1ccccc1)S(=O)(=O)c1ccc2c(c1)OCCO2. The summed E-state index contributed by atoms with van der Waals surface area (Å²) in [5.74, 6) is 1.03. The molecule has 0 fully saturated rings. The number of nitrogens with zero attached hydrogens (tertiary/aromatic N) is 1. The lowest BCUT2D eigenvalue weighted by Crippen LogP contribution is -2.31. The zero-order valence-electron chi connectivity index (χ0n) is 15.5. The van der Waals surface area contributed by atoms with Gasteiger partial charge in [-0.15, -0.1) is 0 Å². The quantitative estimate of drug-likeness (QED) is 0.645. The topological polar surface area (TPSA) is 55.8 Å². The Morgan fingerprint density at radius 3 is 2.29 bits per heavy atom. The van der Waals surface area contributed by atoms with E-state index in [0.29, 0.717) is 36.9 Å². The summed E-state index contributed by atoms with van der Waals surface area (Å²) >= 11 is 0. The van der Waals surface area contributed by atoms with Gasteiger partial charge in [0, 0.05) is 18.2 Å². The Morgan fingerprint density at radius 1 is 0.857 bits per heavy atom. The molecule has 0 aliphatic carbocycles. The first kappa shape index (κ1) is 18.4. The lowest BCUT2D eigenvalue weighted by Gasteiger charge is -2.26. The summed E-state index contributed by atoms with van der Waals surface area (Å²) in [5, 5.41) is 0. The summed E-state index contributed by atoms with van der Waals surface area (Å²) < 4.78 is 39.4. The first-order chi connectivity index (χ1) is 13.6. The van der Waals surface area contributed by atoms with E-state index in [1.54, 1.807) is 12.1 Å². The predicted octanol–water partition coefficient (Wildman–Crippen LogP) is 4.34. The van der Waals surface area contributed by atoms with E-state index < -0.39 is 10.0 Å². The normalized spacial score (nSPS) is 13.2. The second-order valence-electron chi connectivity index (χ2n) is 6.36. The van der Waals surface area contributed by atoms with Gasteiger partial charge in [-0.1, -0.05) is 48.5 Å². The molecule has 144 valence electrons. The van der Waals surface area contributed by atoms with Crippen molar-refractivity contribution in [3.05, 3.63) is 72.8 Å². The Hall–Kier alpha value is -2.99. The van der Waals surface area contributed by atoms with Crippen LogP contribution in [0.3, 0.4) is 0 Å². The minimum atomic E-state index is -3.77. The molecule has 1 aliphatic heterocycles. The van der Waals surface area contributed by atoms with Gasteiger partial charge in [0.05, 0.1) is 10.6 Å². The van der Waals surface area contributed by atoms with E-state index in [9.17, 15) is 8.42 Å². The van der Waals surface area contributed by atoms with Gasteiger partial charge in [0.1, 0.15) is 13.2 Å². The highest BCUT2D eigenvalue weighted by atomic mass is 32.2. The van der Waals surface area contributed by atoms with E-state index in [-0.39, 0.29) is 4.90 Å². The molecule has 0 radical (unpaired) electrons. The number of hydrogen-bond acceptors (Lipinski definition) is 4. The van der Waals surface area contributed by atoms with Crippen molar-refractivity contribution in [1.82, 2.24) is 0 Å². The fourth-order valence-electron chi connectivity index (χ4n) is 3.33. The summed E-state index contributed by atoms with van der Waals surface area (Å²) in [6.45, 7) is 3.01. The summed E-state index contributed by atoms with van der Waals surface area (Å²) in [6.07, 6.45) is 0. The summed E-state index contributed by atoms with van der Waals surface area (Å²) in [5.41, 5.74) is 2.48. The monoisotopic (exact) mass is 395 g/mol. The molecule has 6 heteroatoms. The molecule has 0 bridgehead atoms. The van der Waals surface area contributed by atoms with Crippen LogP contribution in [0.2, 0.25) is 0 Å². The van der Waals surface area contributed by atoms with Crippen molar-refractivity contribution in [2.45, 2.75) is 11.8 Å². The molecule has 1 aliphatic rings. The average molecular weight is 395 g/mol. The van der Waals surface area contributed by atoms with Crippen molar-refractivity contribution in [3.63, 3.8) is 0 Å². The second-order valence-corrected chi connectivity index (χ2v) is 8.22. The number of para-hydroxylation sites is 1. The minimum Gasteiger partial charge on any atom is -0.486 e. The Kier molecular flexibility index (Phi) is 4.96. The number of hydrogen-bond donors (Lipinski definition) is 0. The lowest BCUT2D eigenvalue weighted by atomic mass is 10.0. The molecule has 3 aromatic carbocycles. The van der Waals surface area contributed by atoms with Gasteiger partial charge in [-0.25, -0.2) is 8.42 Å². The van der Waals surface area contributed by atoms with Crippen LogP contribution in [-0.2, 0) is 10.0 Å². The molecule has 5 nitrogen and oxygen atoms in total. The van der Waals surface area contributed by atoms with Crippen LogP contribution < -0.4 is 13.8 Å². The smallest absolute Gasteiger partial charge is 0.264 e. The average Bonchev–Trinajstić information content (AvgIpc) is 2.75. The maximum atomic E-state index is 13.5. The Bertz CT molecular complexity index is 1080. The van der Waals surface area contributed by atoms with Crippen LogP contribution in [0.25, 0.3) is 11.1 Å². The molecule has 0 saturated heterocycles. The van der Waals surface area contributed by atoms with Crippen molar-refractivity contribution in [2.75, 3.05) is 24.1 Å². The first-order valence-electron chi connectivity index (χ1n) is 9.18. The Balaban J connectivity index is 1.79. The van der Waals surface area contributed by atoms with Gasteiger partial charge < -0.3 is 9.47 Å². The first-order valence-corrected chi connectivity index (χ1v) is 10.6. The van der Waals surface area contributed by atoms with E-state index in [1.165, 1.54) is 10.4 Å². The zero-order chi connectivity index (χ0) is 19.6. The van der Waals surface area contributed by atoms with E-state index >= 15 is 0 Å². The van der Waals surface area contributed by atoms with Crippen LogP contribution in [0.5, 0.6) is 11.5 Å². The third-order valence-electron chi connectivity index (χ3n) is 4.65. The van der Waals surface area contributed by atoms with Gasteiger partial charge in [0.2, 0.25) is 0 Å². The standard InChI is InChI=1S/C22H21NO4S/c1-2-23(20-11-7-6-10-19(20)17-8-4-3-5-9-17)28(24,25)18-12-13-21-22(16-18)27-15-14-26-21/h3-13,16H,2,14-15H2,1H3. The van der Waals surface area contributed by atoms with E-state index in [2.05, 4.69) is 0 Å². The third-order valence-corrected chi connectivity index (χ3v) is 6.53. The lowest BCUT2D eigenvalue weighted by molar-refractivity contribution is 0.171. The summed E-state index contributed by atoms with van der Waals surface area (Å²) in [4.78, 5) is 0.182. The fraction of sp³-hybridized carbons (Fsp3) is 0.182. The van der Waals surface area contributed by atoms with Crippen LogP contribution in [0.4, 0.5) is 5.69 Å². The van der Waals surface area contributed by atoms with Crippen molar-refractivity contribution in [1.29, 1.82) is 0 Å². The predicted molar refractivity (Wildman–Crippen MR) is 110 cm³/mol. The van der Waals surface area contributed by atoms with Gasteiger partial charge in [-0.3, -0.25) is 4.31 Å². The highest BCUT2D eigenvalue weighted by Crippen LogP contribution is 2.37. The summed E-state index contributed by atoms with van der Waals surface area (Å²) in [7, 11) is -3.77. The Morgan fingerprint density at radius 2 is 1.54 bits per heavy atom. The number of ether oxygens (including phenoxy) is 2. The molecule has 0 unspecified atom stereocenters. The van der Waals surface area contributed by atoms with Gasteiger partial charge >= 0.3 is 0 Å². The fourth-order valence-corrected chi connectivity index (χ4v) is 4.84. The molecule has 4 rings (SSSR count). The number of fused-ring (bicyclic) bond motifs is 1. The van der Waals surface area contributed by atoms with Crippen LogP contribution in [0, 0.1) is 0 Å². The molecule has 0 saturated carbocycles. The molecular weight excluding hydrogens is 374 g/mol. The highest BCUT2D eigenvalue weighted by Gasteiger charge is 2.27. The van der Waals surface area contributed by atoms with Gasteiger partial charge in [-0.2, -0.15) is 0 Å². The maximum absolute atomic E-state index is 13.5. The van der Waals surface area contributed by atoms with Crippen LogP contribution in [0.1, 0.15) is 6.92 Å². The van der Waals surface area contributed by atoms with Gasteiger partial charge in [0.25, 0.3) is 10.0 Å². The zero-order valence-corrected chi connectivity index (χ0v) is 16.4. The van der Waals surface area contributed by atoms with Gasteiger partial charge in [-0.05, 0) is 30.7 Å². The number of sulfonamides is 1. The molecular formula is C22H21NO4S. The van der Waals surface area contributed by atoms with E-state index in [4.69, 9.17) is 9.47 Å². The van der Waals surface area contributed by atoms with E-state index in [0.717, 1.165) is 11.1 Å². The second kappa shape index (κ2) is 7.56. The third kappa shape index (κ3) is 3.31. The molecule has 0 amide bonds. The maximum Gasteiger partial charge on any atom is 0.264 e. The van der Waals surface area contributed by atoms with Crippen molar-refractivity contribution >= 4 is 15.7 Å². The Labute approximate surface area is 165 Å². The van der Waals surface area contributed by atoms with Crippen molar-refractivity contribution in [2.24, 2.45) is 0 Å². The molecule has 0 atom stereocenters. The number of benzene rings is 3. The molecule has 1 heterocycles. The number of anilines is 1. The largest absolute Gasteiger partial charge is 0.486 e. The molecule has 0 N–H and O–H groups in total. The van der Waals surface area contributed by atoms with Crippen molar-refractivity contribution in [3.8, 4) is 22.6 Å². The van der Waals surface area contributed by atoms with E-state index in [1.807, 2.05) is 61.5 Å². The van der Waals surface area contributed by atoms with Crippen molar-refractivity contribution < 1.29 is 17.9 Å². The van der Waals surface area contributed by atoms with Gasteiger partial charge in [0.15, 0.2) is 11.5 Å². The minimum absolute atomic E-state index is 0.182. The number of rotatable bonds is 5. The molecule has 0 aromatic heterocycles. The molecule has 28 heavy (non-hydrogen) atoms. The van der Waals surface area contributed by atoms with Crippen LogP contribution in [0.15, 0.2) is 77.7 Å². The molecule has 3 aromatic rings. The molecule has 0 spiro atoms. The highest BCUT2D eigenvalue weighted by molar-refractivity contribution is 7.92.